The molecule has 1 aromatic rings. The summed E-state index contributed by atoms with van der Waals surface area (Å²) >= 11 is 0. The molecule has 0 aliphatic rings. The summed E-state index contributed by atoms with van der Waals surface area (Å²) in [6, 6.07) is 5.68. The van der Waals surface area contributed by atoms with E-state index in [2.05, 4.69) is 20.9 Å². The highest BCUT2D eigenvalue weighted by Gasteiger charge is 2.27. The molecular formula is C25H38N6O7. The van der Waals surface area contributed by atoms with Gasteiger partial charge in [-0.25, -0.2) is 4.79 Å². The zero-order valence-electron chi connectivity index (χ0n) is 21.5. The number of rotatable bonds is 19. The molecule has 0 unspecified atom stereocenters. The summed E-state index contributed by atoms with van der Waals surface area (Å²) in [7, 11) is 0. The number of guanidine groups is 1. The fourth-order valence-corrected chi connectivity index (χ4v) is 3.80. The largest absolute Gasteiger partial charge is 0.481 e. The number of carbonyl (C=O) groups is 5. The van der Waals surface area contributed by atoms with Gasteiger partial charge in [-0.1, -0.05) is 31.2 Å². The fourth-order valence-electron chi connectivity index (χ4n) is 3.80. The molecule has 1 rings (SSSR count). The first kappa shape index (κ1) is 31.9. The van der Waals surface area contributed by atoms with E-state index < -0.39 is 42.3 Å². The van der Waals surface area contributed by atoms with Crippen LogP contribution in [0.4, 0.5) is 0 Å². The van der Waals surface area contributed by atoms with E-state index in [1.165, 1.54) is 0 Å². The smallest absolute Gasteiger partial charge is 0.326 e. The monoisotopic (exact) mass is 534 g/mol. The highest BCUT2D eigenvalue weighted by atomic mass is 16.4. The minimum Gasteiger partial charge on any atom is -0.481 e. The molecule has 38 heavy (non-hydrogen) atoms. The predicted octanol–water partition coefficient (Wildman–Crippen LogP) is -0.136. The van der Waals surface area contributed by atoms with Crippen LogP contribution >= 0.6 is 0 Å². The van der Waals surface area contributed by atoms with Gasteiger partial charge in [-0.05, 0) is 43.2 Å². The zero-order chi connectivity index (χ0) is 28.5. The summed E-state index contributed by atoms with van der Waals surface area (Å²) in [5.74, 6) is -4.32. The lowest BCUT2D eigenvalue weighted by Gasteiger charge is -2.23. The van der Waals surface area contributed by atoms with Gasteiger partial charge in [0.05, 0.1) is 12.8 Å². The lowest BCUT2D eigenvalue weighted by molar-refractivity contribution is -0.144. The first-order valence-electron chi connectivity index (χ1n) is 12.4. The quantitative estimate of drug-likeness (QED) is 0.0542. The minimum absolute atomic E-state index is 0.0560. The van der Waals surface area contributed by atoms with Gasteiger partial charge in [0.1, 0.15) is 6.04 Å². The number of aliphatic carboxylic acids is 2. The van der Waals surface area contributed by atoms with Gasteiger partial charge in [0.2, 0.25) is 18.2 Å². The second-order valence-electron chi connectivity index (χ2n) is 8.89. The van der Waals surface area contributed by atoms with Gasteiger partial charge in [0.25, 0.3) is 0 Å². The van der Waals surface area contributed by atoms with Crippen molar-refractivity contribution >= 4 is 36.1 Å². The topological polar surface area (TPSA) is 226 Å². The van der Waals surface area contributed by atoms with Crippen molar-refractivity contribution in [1.82, 2.24) is 16.0 Å². The van der Waals surface area contributed by atoms with Crippen LogP contribution in [0.1, 0.15) is 56.6 Å². The minimum atomic E-state index is -1.20. The van der Waals surface area contributed by atoms with Crippen molar-refractivity contribution in [3.8, 4) is 0 Å². The Hall–Kier alpha value is -4.16. The maximum absolute atomic E-state index is 12.8. The molecular weight excluding hydrogens is 496 g/mol. The van der Waals surface area contributed by atoms with Crippen molar-refractivity contribution in [2.45, 2.75) is 70.5 Å². The number of aliphatic imine (C=N–C) groups is 1. The Bertz CT molecular complexity index is 963. The third-order valence-corrected chi connectivity index (χ3v) is 5.83. The third-order valence-electron chi connectivity index (χ3n) is 5.83. The first-order valence-corrected chi connectivity index (χ1v) is 12.4. The number of carboxylic acids is 2. The molecule has 0 saturated heterocycles. The van der Waals surface area contributed by atoms with Gasteiger partial charge in [-0.2, -0.15) is 0 Å². The Balaban J connectivity index is 2.86. The Kier molecular flexibility index (Phi) is 14.5. The normalized spacial score (nSPS) is 12.9. The predicted molar refractivity (Wildman–Crippen MR) is 140 cm³/mol. The number of nitrogens with one attached hydrogen (secondary N) is 3. The molecule has 13 nitrogen and oxygen atoms in total. The van der Waals surface area contributed by atoms with E-state index in [1.54, 1.807) is 19.1 Å². The van der Waals surface area contributed by atoms with E-state index in [0.29, 0.717) is 38.8 Å². The van der Waals surface area contributed by atoms with E-state index in [9.17, 15) is 34.2 Å². The molecule has 1 aromatic carbocycles. The lowest BCUT2D eigenvalue weighted by Crippen LogP contribution is -2.44. The third kappa shape index (κ3) is 13.2. The molecule has 0 aliphatic heterocycles. The summed E-state index contributed by atoms with van der Waals surface area (Å²) in [5, 5.41) is 26.4. The Morgan fingerprint density at radius 1 is 1.00 bits per heavy atom. The molecule has 3 amide bonds. The van der Waals surface area contributed by atoms with Crippen LogP contribution in [0.5, 0.6) is 0 Å². The van der Waals surface area contributed by atoms with Crippen molar-refractivity contribution < 1.29 is 34.2 Å². The van der Waals surface area contributed by atoms with Crippen LogP contribution in [-0.4, -0.2) is 65.0 Å². The Labute approximate surface area is 221 Å². The van der Waals surface area contributed by atoms with Crippen LogP contribution in [0.15, 0.2) is 29.3 Å². The fraction of sp³-hybridized carbons (Fsp3) is 0.520. The summed E-state index contributed by atoms with van der Waals surface area (Å²) in [6.07, 6.45) is 1.82. The number of amides is 3. The number of nitrogens with two attached hydrogens (primary N) is 2. The van der Waals surface area contributed by atoms with Crippen LogP contribution in [0.3, 0.4) is 0 Å². The Morgan fingerprint density at radius 3 is 2.21 bits per heavy atom. The molecule has 0 heterocycles. The molecule has 0 aromatic heterocycles. The molecule has 210 valence electrons. The van der Waals surface area contributed by atoms with E-state index in [4.69, 9.17) is 11.5 Å². The summed E-state index contributed by atoms with van der Waals surface area (Å²) in [5.41, 5.74) is 12.4. The summed E-state index contributed by atoms with van der Waals surface area (Å²) in [6.45, 7) is 2.31. The zero-order valence-corrected chi connectivity index (χ0v) is 21.5. The van der Waals surface area contributed by atoms with Crippen molar-refractivity contribution in [3.05, 3.63) is 35.4 Å². The van der Waals surface area contributed by atoms with Gasteiger partial charge in [0, 0.05) is 25.0 Å². The molecule has 0 spiro atoms. The van der Waals surface area contributed by atoms with Crippen LogP contribution in [-0.2, 0) is 36.9 Å². The SMILES string of the molecule is CC[C@H](NC(=O)[C@@H](CC[C@H](CCCN=C(N)N)NC(=O)Cc1ccc(CNC=O)cc1)CC(=O)O)C(=O)O. The molecule has 0 bridgehead atoms. The molecule has 3 atom stereocenters. The standard InChI is InChI=1S/C25H38N6O7/c1-2-20(24(37)38)31-23(36)18(13-22(34)35)9-10-19(4-3-11-29-25(26)27)30-21(33)12-16-5-7-17(8-6-16)14-28-15-32/h5-8,15,18-20H,2-4,9-14H2,1H3,(H,28,32)(H,30,33)(H,31,36)(H,34,35)(H,37,38)(H4,26,27,29)/t18-,19-,20-/m0/s1. The van der Waals surface area contributed by atoms with Crippen molar-refractivity contribution in [2.75, 3.05) is 6.54 Å². The summed E-state index contributed by atoms with van der Waals surface area (Å²) < 4.78 is 0. The first-order chi connectivity index (χ1) is 18.0. The lowest BCUT2D eigenvalue weighted by atomic mass is 9.93. The van der Waals surface area contributed by atoms with Crippen LogP contribution in [0.25, 0.3) is 0 Å². The molecule has 13 heteroatoms. The van der Waals surface area contributed by atoms with E-state index in [-0.39, 0.29) is 31.1 Å². The number of hydrogen-bond donors (Lipinski definition) is 7. The van der Waals surface area contributed by atoms with Crippen molar-refractivity contribution in [3.63, 3.8) is 0 Å². The molecule has 0 aliphatic carbocycles. The van der Waals surface area contributed by atoms with Crippen LogP contribution in [0.2, 0.25) is 0 Å². The van der Waals surface area contributed by atoms with Crippen LogP contribution in [0, 0.1) is 5.92 Å². The van der Waals surface area contributed by atoms with E-state index >= 15 is 0 Å². The van der Waals surface area contributed by atoms with Gasteiger partial charge >= 0.3 is 11.9 Å². The van der Waals surface area contributed by atoms with E-state index in [0.717, 1.165) is 11.1 Å². The Morgan fingerprint density at radius 2 is 1.66 bits per heavy atom. The molecule has 0 radical (unpaired) electrons. The van der Waals surface area contributed by atoms with Crippen LogP contribution < -0.4 is 27.4 Å². The average Bonchev–Trinajstić information content (AvgIpc) is 2.86. The molecule has 0 saturated carbocycles. The maximum atomic E-state index is 12.8. The highest BCUT2D eigenvalue weighted by molar-refractivity contribution is 5.87. The van der Waals surface area contributed by atoms with Gasteiger partial charge in [-0.15, -0.1) is 0 Å². The van der Waals surface area contributed by atoms with Gasteiger partial charge in [-0.3, -0.25) is 24.2 Å². The number of carboxylic acid groups (broad SMARTS) is 2. The maximum Gasteiger partial charge on any atom is 0.326 e. The average molecular weight is 535 g/mol. The van der Waals surface area contributed by atoms with Crippen molar-refractivity contribution in [1.29, 1.82) is 0 Å². The number of carbonyl (C=O) groups excluding carboxylic acids is 3. The van der Waals surface area contributed by atoms with Gasteiger partial charge < -0.3 is 37.6 Å². The van der Waals surface area contributed by atoms with Gasteiger partial charge in [0.15, 0.2) is 5.96 Å². The second kappa shape index (κ2) is 17.3. The molecule has 0 fully saturated rings. The van der Waals surface area contributed by atoms with E-state index in [1.807, 2.05) is 12.1 Å². The number of nitrogens with zero attached hydrogens (tertiary/aromatic N) is 1. The number of hydrogen-bond acceptors (Lipinski definition) is 6. The number of benzene rings is 1. The summed E-state index contributed by atoms with van der Waals surface area (Å²) in [4.78, 5) is 62.4. The second-order valence-corrected chi connectivity index (χ2v) is 8.89. The molecule has 9 N–H and O–H groups in total. The van der Waals surface area contributed by atoms with Crippen molar-refractivity contribution in [2.24, 2.45) is 22.4 Å². The highest BCUT2D eigenvalue weighted by Crippen LogP contribution is 2.17.